The van der Waals surface area contributed by atoms with E-state index in [0.29, 0.717) is 15.9 Å². The van der Waals surface area contributed by atoms with E-state index < -0.39 is 11.9 Å². The van der Waals surface area contributed by atoms with E-state index in [-0.39, 0.29) is 0 Å². The van der Waals surface area contributed by atoms with Crippen molar-refractivity contribution in [3.63, 3.8) is 0 Å². The van der Waals surface area contributed by atoms with Crippen molar-refractivity contribution >= 4 is 12.2 Å². The average Bonchev–Trinajstić information content (AvgIpc) is 2.28. The average molecular weight is 257 g/mol. The standard InChI is InChI=1S/C10H6F3N3S/c11-10(12,13)8-2-1-6(4-14-8)7-3-9(17)16-5-15-7/h1-5H,(H,15,16,17). The second kappa shape index (κ2) is 4.25. The SMILES string of the molecule is FC(F)(F)c1ccc(-c2cc(=S)nc[nH]2)cn1. The molecule has 2 rings (SSSR count). The molecule has 2 aromatic rings. The predicted molar refractivity (Wildman–Crippen MR) is 57.7 cm³/mol. The third-order valence-electron chi connectivity index (χ3n) is 2.04. The number of nitrogens with zero attached hydrogens (tertiary/aromatic N) is 2. The van der Waals surface area contributed by atoms with Crippen LogP contribution in [0, 0.1) is 4.64 Å². The zero-order chi connectivity index (χ0) is 12.5. The fourth-order valence-corrected chi connectivity index (χ4v) is 1.43. The van der Waals surface area contributed by atoms with Crippen LogP contribution < -0.4 is 0 Å². The maximum absolute atomic E-state index is 12.3. The van der Waals surface area contributed by atoms with E-state index in [1.54, 1.807) is 6.07 Å². The van der Waals surface area contributed by atoms with Gasteiger partial charge in [0, 0.05) is 11.8 Å². The molecule has 0 saturated carbocycles. The second-order valence-corrected chi connectivity index (χ2v) is 3.65. The Hall–Kier alpha value is -1.76. The Morgan fingerprint density at radius 3 is 2.47 bits per heavy atom. The van der Waals surface area contributed by atoms with Crippen molar-refractivity contribution in [1.29, 1.82) is 0 Å². The third-order valence-corrected chi connectivity index (χ3v) is 2.27. The molecule has 0 bridgehead atoms. The van der Waals surface area contributed by atoms with Crippen molar-refractivity contribution in [1.82, 2.24) is 15.0 Å². The zero-order valence-electron chi connectivity index (χ0n) is 8.32. The van der Waals surface area contributed by atoms with Crippen molar-refractivity contribution in [2.24, 2.45) is 0 Å². The van der Waals surface area contributed by atoms with Crippen LogP contribution in [-0.4, -0.2) is 15.0 Å². The summed E-state index contributed by atoms with van der Waals surface area (Å²) in [6, 6.07) is 3.81. The van der Waals surface area contributed by atoms with Gasteiger partial charge in [-0.15, -0.1) is 0 Å². The first-order valence-corrected chi connectivity index (χ1v) is 4.96. The highest BCUT2D eigenvalue weighted by Gasteiger charge is 2.32. The molecule has 0 unspecified atom stereocenters. The van der Waals surface area contributed by atoms with Gasteiger partial charge >= 0.3 is 6.18 Å². The van der Waals surface area contributed by atoms with Crippen LogP contribution in [0.5, 0.6) is 0 Å². The number of hydrogen-bond acceptors (Lipinski definition) is 3. The number of alkyl halides is 3. The van der Waals surface area contributed by atoms with Gasteiger partial charge in [0.1, 0.15) is 10.3 Å². The van der Waals surface area contributed by atoms with Gasteiger partial charge in [0.25, 0.3) is 0 Å². The third kappa shape index (κ3) is 2.68. The summed E-state index contributed by atoms with van der Waals surface area (Å²) >= 11 is 4.85. The van der Waals surface area contributed by atoms with E-state index in [9.17, 15) is 13.2 Å². The number of aromatic nitrogens is 3. The van der Waals surface area contributed by atoms with Crippen LogP contribution in [0.2, 0.25) is 0 Å². The minimum Gasteiger partial charge on any atom is -0.346 e. The monoisotopic (exact) mass is 257 g/mol. The van der Waals surface area contributed by atoms with Crippen molar-refractivity contribution in [2.75, 3.05) is 0 Å². The van der Waals surface area contributed by atoms with Crippen LogP contribution in [0.15, 0.2) is 30.7 Å². The molecule has 0 amide bonds. The van der Waals surface area contributed by atoms with Gasteiger partial charge in [-0.05, 0) is 18.2 Å². The minimum absolute atomic E-state index is 0.360. The number of aromatic amines is 1. The lowest BCUT2D eigenvalue weighted by atomic mass is 10.2. The molecule has 0 aromatic carbocycles. The first-order valence-electron chi connectivity index (χ1n) is 4.55. The van der Waals surface area contributed by atoms with Gasteiger partial charge < -0.3 is 4.98 Å². The van der Waals surface area contributed by atoms with E-state index in [0.717, 1.165) is 12.3 Å². The molecule has 3 nitrogen and oxygen atoms in total. The molecular weight excluding hydrogens is 251 g/mol. The lowest BCUT2D eigenvalue weighted by molar-refractivity contribution is -0.141. The van der Waals surface area contributed by atoms with Crippen LogP contribution in [0.25, 0.3) is 11.3 Å². The quantitative estimate of drug-likeness (QED) is 0.797. The van der Waals surface area contributed by atoms with E-state index in [1.165, 1.54) is 12.4 Å². The Morgan fingerprint density at radius 2 is 1.94 bits per heavy atom. The first-order chi connectivity index (χ1) is 7.97. The summed E-state index contributed by atoms with van der Waals surface area (Å²) in [6.07, 6.45) is -1.90. The van der Waals surface area contributed by atoms with E-state index in [4.69, 9.17) is 12.2 Å². The highest BCUT2D eigenvalue weighted by molar-refractivity contribution is 7.71. The fraction of sp³-hybridized carbons (Fsp3) is 0.100. The molecule has 0 radical (unpaired) electrons. The van der Waals surface area contributed by atoms with Crippen LogP contribution >= 0.6 is 12.2 Å². The summed E-state index contributed by atoms with van der Waals surface area (Å²) in [5.41, 5.74) is 0.173. The van der Waals surface area contributed by atoms with Crippen molar-refractivity contribution < 1.29 is 13.2 Å². The molecule has 0 aliphatic heterocycles. The Balaban J connectivity index is 2.39. The molecule has 1 N–H and O–H groups in total. The molecule has 2 aromatic heterocycles. The minimum atomic E-state index is -4.43. The van der Waals surface area contributed by atoms with Crippen molar-refractivity contribution in [3.05, 3.63) is 41.1 Å². The molecule has 0 saturated heterocycles. The summed E-state index contributed by atoms with van der Waals surface area (Å²) in [5, 5.41) is 0. The van der Waals surface area contributed by atoms with Crippen molar-refractivity contribution in [3.8, 4) is 11.3 Å². The number of rotatable bonds is 1. The summed E-state index contributed by atoms with van der Waals surface area (Å²) in [4.78, 5) is 9.92. The molecule has 0 atom stereocenters. The summed E-state index contributed by atoms with van der Waals surface area (Å²) in [6.45, 7) is 0. The molecule has 2 heterocycles. The maximum Gasteiger partial charge on any atom is 0.433 e. The van der Waals surface area contributed by atoms with Gasteiger partial charge in [-0.2, -0.15) is 13.2 Å². The number of pyridine rings is 1. The van der Waals surface area contributed by atoms with Gasteiger partial charge in [0.15, 0.2) is 0 Å². The molecule has 0 spiro atoms. The number of halogens is 3. The van der Waals surface area contributed by atoms with Crippen LogP contribution in [0.4, 0.5) is 13.2 Å². The van der Waals surface area contributed by atoms with Crippen molar-refractivity contribution in [2.45, 2.75) is 6.18 Å². The summed E-state index contributed by atoms with van der Waals surface area (Å²) in [7, 11) is 0. The number of H-pyrrole nitrogens is 1. The van der Waals surface area contributed by atoms with Crippen LogP contribution in [-0.2, 0) is 6.18 Å². The van der Waals surface area contributed by atoms with Gasteiger partial charge in [0.05, 0.1) is 12.0 Å². The predicted octanol–water partition coefficient (Wildman–Crippen LogP) is 3.22. The van der Waals surface area contributed by atoms with Gasteiger partial charge in [0.2, 0.25) is 0 Å². The van der Waals surface area contributed by atoms with Crippen LogP contribution in [0.3, 0.4) is 0 Å². The molecule has 0 aliphatic carbocycles. The zero-order valence-corrected chi connectivity index (χ0v) is 9.14. The first kappa shape index (κ1) is 11.7. The van der Waals surface area contributed by atoms with E-state index in [2.05, 4.69) is 15.0 Å². The molecule has 88 valence electrons. The Labute approximate surface area is 99.4 Å². The van der Waals surface area contributed by atoms with Gasteiger partial charge in [-0.3, -0.25) is 4.98 Å². The molecule has 17 heavy (non-hydrogen) atoms. The lowest BCUT2D eigenvalue weighted by Crippen LogP contribution is -2.07. The molecule has 0 aliphatic rings. The normalized spacial score (nSPS) is 11.5. The van der Waals surface area contributed by atoms with E-state index in [1.807, 2.05) is 0 Å². The van der Waals surface area contributed by atoms with Crippen LogP contribution in [0.1, 0.15) is 5.69 Å². The highest BCUT2D eigenvalue weighted by atomic mass is 32.1. The Bertz CT molecular complexity index is 574. The van der Waals surface area contributed by atoms with Gasteiger partial charge in [-0.1, -0.05) is 12.2 Å². The number of hydrogen-bond donors (Lipinski definition) is 1. The molecular formula is C10H6F3N3S. The Morgan fingerprint density at radius 1 is 1.18 bits per heavy atom. The molecule has 0 fully saturated rings. The number of nitrogens with one attached hydrogen (secondary N) is 1. The van der Waals surface area contributed by atoms with Gasteiger partial charge in [-0.25, -0.2) is 4.98 Å². The summed E-state index contributed by atoms with van der Waals surface area (Å²) < 4.78 is 37.2. The fourth-order valence-electron chi connectivity index (χ4n) is 1.26. The topological polar surface area (TPSA) is 41.6 Å². The smallest absolute Gasteiger partial charge is 0.346 e. The molecule has 7 heteroatoms. The highest BCUT2D eigenvalue weighted by Crippen LogP contribution is 2.28. The largest absolute Gasteiger partial charge is 0.433 e. The second-order valence-electron chi connectivity index (χ2n) is 3.23. The van der Waals surface area contributed by atoms with E-state index >= 15 is 0 Å². The maximum atomic E-state index is 12.3. The Kier molecular flexibility index (Phi) is 2.93. The summed E-state index contributed by atoms with van der Waals surface area (Å²) in [5.74, 6) is 0. The lowest BCUT2D eigenvalue weighted by Gasteiger charge is -2.06.